The Hall–Kier alpha value is -2.63. The van der Waals surface area contributed by atoms with Crippen molar-refractivity contribution in [3.05, 3.63) is 48.1 Å². The summed E-state index contributed by atoms with van der Waals surface area (Å²) in [5, 5.41) is 9.05. The van der Waals surface area contributed by atoms with Gasteiger partial charge in [-0.2, -0.15) is 5.10 Å². The molecule has 0 bridgehead atoms. The molecule has 6 heteroatoms. The Morgan fingerprint density at radius 1 is 1.47 bits per heavy atom. The molecular formula is C13H14N4O2. The number of hydrogen-bond donors (Lipinski definition) is 2. The molecule has 98 valence electrons. The van der Waals surface area contributed by atoms with Gasteiger partial charge in [0.1, 0.15) is 17.9 Å². The fourth-order valence-corrected chi connectivity index (χ4v) is 1.52. The zero-order chi connectivity index (χ0) is 13.5. The van der Waals surface area contributed by atoms with Gasteiger partial charge in [-0.1, -0.05) is 18.2 Å². The van der Waals surface area contributed by atoms with E-state index in [1.165, 1.54) is 12.4 Å². The number of aromatic amines is 1. The van der Waals surface area contributed by atoms with Crippen molar-refractivity contribution in [2.45, 2.75) is 6.54 Å². The molecule has 1 aromatic carbocycles. The number of methoxy groups -OCH3 is 1. The molecule has 0 aliphatic carbocycles. The standard InChI is InChI=1S/C13H14N4O2/c1-19-11-5-3-2-4-10(11)6-7-13(18)14-8-12-15-9-16-17-12/h2-7,9H,8H2,1H3,(H,14,18)(H,15,16,17)/b7-6+. The van der Waals surface area contributed by atoms with Crippen LogP contribution in [0.3, 0.4) is 0 Å². The number of nitrogens with one attached hydrogen (secondary N) is 2. The molecule has 0 fully saturated rings. The molecule has 2 N–H and O–H groups in total. The Bertz CT molecular complexity index is 564. The molecule has 6 nitrogen and oxygen atoms in total. The van der Waals surface area contributed by atoms with Gasteiger partial charge in [0.25, 0.3) is 0 Å². The molecule has 0 saturated heterocycles. The van der Waals surface area contributed by atoms with Crippen molar-refractivity contribution in [3.63, 3.8) is 0 Å². The summed E-state index contributed by atoms with van der Waals surface area (Å²) in [4.78, 5) is 15.5. The van der Waals surface area contributed by atoms with E-state index in [1.807, 2.05) is 24.3 Å². The minimum Gasteiger partial charge on any atom is -0.496 e. The van der Waals surface area contributed by atoms with Crippen LogP contribution in [0.2, 0.25) is 0 Å². The number of amides is 1. The quantitative estimate of drug-likeness (QED) is 0.788. The van der Waals surface area contributed by atoms with E-state index in [9.17, 15) is 4.79 Å². The molecule has 0 radical (unpaired) electrons. The van der Waals surface area contributed by atoms with Crippen LogP contribution in [0.15, 0.2) is 36.7 Å². The molecule has 0 aliphatic rings. The van der Waals surface area contributed by atoms with E-state index in [0.29, 0.717) is 12.4 Å². The van der Waals surface area contributed by atoms with Gasteiger partial charge in [-0.3, -0.25) is 9.89 Å². The lowest BCUT2D eigenvalue weighted by Crippen LogP contribution is -2.20. The van der Waals surface area contributed by atoms with E-state index in [1.54, 1.807) is 13.2 Å². The monoisotopic (exact) mass is 258 g/mol. The Morgan fingerprint density at radius 3 is 3.05 bits per heavy atom. The van der Waals surface area contributed by atoms with E-state index in [2.05, 4.69) is 20.5 Å². The third-order valence-corrected chi connectivity index (χ3v) is 2.45. The van der Waals surface area contributed by atoms with E-state index in [-0.39, 0.29) is 5.91 Å². The highest BCUT2D eigenvalue weighted by atomic mass is 16.5. The molecule has 19 heavy (non-hydrogen) atoms. The number of carbonyl (C=O) groups excluding carboxylic acids is 1. The Morgan fingerprint density at radius 2 is 2.32 bits per heavy atom. The minimum atomic E-state index is -0.206. The van der Waals surface area contributed by atoms with Gasteiger partial charge in [0.05, 0.1) is 13.7 Å². The van der Waals surface area contributed by atoms with Gasteiger partial charge < -0.3 is 10.1 Å². The zero-order valence-electron chi connectivity index (χ0n) is 10.5. The van der Waals surface area contributed by atoms with Crippen LogP contribution in [0, 0.1) is 0 Å². The van der Waals surface area contributed by atoms with Gasteiger partial charge in [0, 0.05) is 11.6 Å². The first-order valence-corrected chi connectivity index (χ1v) is 5.73. The van der Waals surface area contributed by atoms with Crippen molar-refractivity contribution < 1.29 is 9.53 Å². The summed E-state index contributed by atoms with van der Waals surface area (Å²) in [6, 6.07) is 7.47. The first-order valence-electron chi connectivity index (χ1n) is 5.73. The maximum atomic E-state index is 11.6. The average molecular weight is 258 g/mol. The van der Waals surface area contributed by atoms with Gasteiger partial charge in [-0.25, -0.2) is 4.98 Å². The lowest BCUT2D eigenvalue weighted by molar-refractivity contribution is -0.116. The first kappa shape index (κ1) is 12.8. The average Bonchev–Trinajstić information content (AvgIpc) is 2.96. The number of nitrogens with zero attached hydrogens (tertiary/aromatic N) is 2. The Balaban J connectivity index is 1.92. The topological polar surface area (TPSA) is 79.9 Å². The number of hydrogen-bond acceptors (Lipinski definition) is 4. The van der Waals surface area contributed by atoms with Crippen LogP contribution in [0.4, 0.5) is 0 Å². The number of para-hydroxylation sites is 1. The van der Waals surface area contributed by atoms with E-state index in [0.717, 1.165) is 11.3 Å². The van der Waals surface area contributed by atoms with Crippen molar-refractivity contribution in [3.8, 4) is 5.75 Å². The Labute approximate surface area is 110 Å². The van der Waals surface area contributed by atoms with Crippen LogP contribution in [0.5, 0.6) is 5.75 Å². The van der Waals surface area contributed by atoms with Gasteiger partial charge in [0.15, 0.2) is 0 Å². The maximum absolute atomic E-state index is 11.6. The molecular weight excluding hydrogens is 244 g/mol. The fraction of sp³-hybridized carbons (Fsp3) is 0.154. The fourth-order valence-electron chi connectivity index (χ4n) is 1.52. The normalized spacial score (nSPS) is 10.6. The van der Waals surface area contributed by atoms with Gasteiger partial charge >= 0.3 is 0 Å². The van der Waals surface area contributed by atoms with E-state index < -0.39 is 0 Å². The molecule has 0 unspecified atom stereocenters. The summed E-state index contributed by atoms with van der Waals surface area (Å²) < 4.78 is 5.19. The summed E-state index contributed by atoms with van der Waals surface area (Å²) in [6.07, 6.45) is 4.55. The highest BCUT2D eigenvalue weighted by molar-refractivity contribution is 5.92. The zero-order valence-corrected chi connectivity index (χ0v) is 10.5. The van der Waals surface area contributed by atoms with E-state index >= 15 is 0 Å². The lowest BCUT2D eigenvalue weighted by Gasteiger charge is -2.03. The first-order chi connectivity index (χ1) is 9.29. The highest BCUT2D eigenvalue weighted by Gasteiger charge is 2.00. The summed E-state index contributed by atoms with van der Waals surface area (Å²) >= 11 is 0. The molecule has 0 saturated carbocycles. The summed E-state index contributed by atoms with van der Waals surface area (Å²) in [5.74, 6) is 1.13. The smallest absolute Gasteiger partial charge is 0.244 e. The maximum Gasteiger partial charge on any atom is 0.244 e. The molecule has 2 aromatic rings. The van der Waals surface area contributed by atoms with Crippen LogP contribution >= 0.6 is 0 Å². The number of rotatable bonds is 5. The number of ether oxygens (including phenoxy) is 1. The summed E-state index contributed by atoms with van der Waals surface area (Å²) in [7, 11) is 1.59. The second kappa shape index (κ2) is 6.34. The number of carbonyl (C=O) groups is 1. The van der Waals surface area contributed by atoms with Gasteiger partial charge in [0.2, 0.25) is 5.91 Å². The van der Waals surface area contributed by atoms with Crippen LogP contribution in [-0.2, 0) is 11.3 Å². The molecule has 1 amide bonds. The second-order valence-corrected chi connectivity index (χ2v) is 3.73. The van der Waals surface area contributed by atoms with Gasteiger partial charge in [-0.05, 0) is 12.1 Å². The second-order valence-electron chi connectivity index (χ2n) is 3.73. The number of H-pyrrole nitrogens is 1. The number of benzene rings is 1. The molecule has 1 aromatic heterocycles. The van der Waals surface area contributed by atoms with Crippen LogP contribution in [0.1, 0.15) is 11.4 Å². The largest absolute Gasteiger partial charge is 0.496 e. The third-order valence-electron chi connectivity index (χ3n) is 2.45. The van der Waals surface area contributed by atoms with Crippen LogP contribution in [-0.4, -0.2) is 28.2 Å². The lowest BCUT2D eigenvalue weighted by atomic mass is 10.2. The molecule has 0 spiro atoms. The molecule has 0 aliphatic heterocycles. The van der Waals surface area contributed by atoms with E-state index in [4.69, 9.17) is 4.74 Å². The third kappa shape index (κ3) is 3.67. The van der Waals surface area contributed by atoms with Crippen molar-refractivity contribution >= 4 is 12.0 Å². The van der Waals surface area contributed by atoms with Crippen molar-refractivity contribution in [1.29, 1.82) is 0 Å². The predicted molar refractivity (Wildman–Crippen MR) is 70.3 cm³/mol. The van der Waals surface area contributed by atoms with Gasteiger partial charge in [-0.15, -0.1) is 0 Å². The van der Waals surface area contributed by atoms with Crippen LogP contribution < -0.4 is 10.1 Å². The van der Waals surface area contributed by atoms with Crippen molar-refractivity contribution in [1.82, 2.24) is 20.5 Å². The molecule has 0 atom stereocenters. The predicted octanol–water partition coefficient (Wildman–Crippen LogP) is 1.14. The van der Waals surface area contributed by atoms with Crippen molar-refractivity contribution in [2.75, 3.05) is 7.11 Å². The minimum absolute atomic E-state index is 0.206. The number of aromatic nitrogens is 3. The van der Waals surface area contributed by atoms with Crippen LogP contribution in [0.25, 0.3) is 6.08 Å². The molecule has 1 heterocycles. The summed E-state index contributed by atoms with van der Waals surface area (Å²) in [6.45, 7) is 0.315. The highest BCUT2D eigenvalue weighted by Crippen LogP contribution is 2.18. The van der Waals surface area contributed by atoms with Crippen molar-refractivity contribution in [2.24, 2.45) is 0 Å². The SMILES string of the molecule is COc1ccccc1/C=C/C(=O)NCc1ncn[nH]1. The summed E-state index contributed by atoms with van der Waals surface area (Å²) in [5.41, 5.74) is 0.847. The Kier molecular flexibility index (Phi) is 4.28. The molecule has 2 rings (SSSR count).